The number of benzene rings is 1. The van der Waals surface area contributed by atoms with Crippen LogP contribution in [0.2, 0.25) is 0 Å². The van der Waals surface area contributed by atoms with Crippen LogP contribution in [0.5, 0.6) is 0 Å². The molecule has 3 aromatic rings. The molecule has 0 aliphatic heterocycles. The summed E-state index contributed by atoms with van der Waals surface area (Å²) in [5.41, 5.74) is 9.46. The summed E-state index contributed by atoms with van der Waals surface area (Å²) in [5.74, 6) is 0. The highest BCUT2D eigenvalue weighted by molar-refractivity contribution is 7.12. The minimum absolute atomic E-state index is 0.346. The average Bonchev–Trinajstić information content (AvgIpc) is 3.11. The number of thiazole rings is 1. The third kappa shape index (κ3) is 2.91. The van der Waals surface area contributed by atoms with Crippen LogP contribution >= 0.6 is 11.3 Å². The highest BCUT2D eigenvalue weighted by atomic mass is 32.1. The van der Waals surface area contributed by atoms with E-state index in [1.54, 1.807) is 4.68 Å². The highest BCUT2D eigenvalue weighted by Gasteiger charge is 2.12. The van der Waals surface area contributed by atoms with Gasteiger partial charge in [-0.25, -0.2) is 4.98 Å². The van der Waals surface area contributed by atoms with Crippen LogP contribution in [0.15, 0.2) is 35.7 Å². The van der Waals surface area contributed by atoms with Gasteiger partial charge in [-0.3, -0.25) is 0 Å². The zero-order valence-corrected chi connectivity index (χ0v) is 12.4. The Hall–Kier alpha value is -2.31. The van der Waals surface area contributed by atoms with Crippen molar-refractivity contribution in [1.82, 2.24) is 20.0 Å². The topological polar surface area (TPSA) is 69.6 Å². The average molecular weight is 297 g/mol. The molecule has 0 saturated heterocycles. The maximum Gasteiger partial charge on any atom is 0.212 e. The van der Waals surface area contributed by atoms with Crippen molar-refractivity contribution < 1.29 is 0 Å². The summed E-state index contributed by atoms with van der Waals surface area (Å²) in [6.45, 7) is 2.30. The summed E-state index contributed by atoms with van der Waals surface area (Å²) in [4.78, 5) is 4.45. The van der Waals surface area contributed by atoms with Crippen molar-refractivity contribution in [1.29, 1.82) is 0 Å². The Balaban J connectivity index is 2.00. The van der Waals surface area contributed by atoms with Gasteiger partial charge in [-0.15, -0.1) is 16.4 Å². The lowest BCUT2D eigenvalue weighted by Gasteiger charge is -2.00. The second-order valence-electron chi connectivity index (χ2n) is 4.55. The number of nitrogens with two attached hydrogens (primary N) is 1. The van der Waals surface area contributed by atoms with Gasteiger partial charge in [-0.05, 0) is 18.6 Å². The summed E-state index contributed by atoms with van der Waals surface area (Å²) in [6, 6.07) is 10.1. The molecule has 1 aromatic carbocycles. The quantitative estimate of drug-likeness (QED) is 0.803. The summed E-state index contributed by atoms with van der Waals surface area (Å²) in [5, 5.41) is 11.1. The van der Waals surface area contributed by atoms with Crippen molar-refractivity contribution in [3.8, 4) is 5.13 Å². The van der Waals surface area contributed by atoms with E-state index in [0.29, 0.717) is 6.54 Å². The Morgan fingerprint density at radius 1 is 1.24 bits per heavy atom. The van der Waals surface area contributed by atoms with Crippen LogP contribution in [0, 0.1) is 6.92 Å². The van der Waals surface area contributed by atoms with Crippen LogP contribution in [0.4, 0.5) is 0 Å². The third-order valence-corrected chi connectivity index (χ3v) is 3.93. The molecule has 0 saturated carbocycles. The molecule has 0 bridgehead atoms. The lowest BCUT2D eigenvalue weighted by Crippen LogP contribution is -2.02. The third-order valence-electron chi connectivity index (χ3n) is 2.99. The monoisotopic (exact) mass is 297 g/mol. The van der Waals surface area contributed by atoms with Gasteiger partial charge in [0.05, 0.1) is 11.4 Å². The first-order valence-electron chi connectivity index (χ1n) is 6.58. The molecule has 0 spiro atoms. The molecule has 0 aliphatic carbocycles. The number of rotatable bonds is 4. The van der Waals surface area contributed by atoms with Crippen molar-refractivity contribution in [3.63, 3.8) is 0 Å². The Bertz CT molecular complexity index is 757. The van der Waals surface area contributed by atoms with Crippen molar-refractivity contribution in [3.05, 3.63) is 58.4 Å². The minimum Gasteiger partial charge on any atom is -0.325 e. The summed E-state index contributed by atoms with van der Waals surface area (Å²) in [6.07, 6.45) is 4.00. The fourth-order valence-corrected chi connectivity index (χ4v) is 2.71. The predicted octanol–water partition coefficient (Wildman–Crippen LogP) is 2.66. The second-order valence-corrected chi connectivity index (χ2v) is 5.39. The Morgan fingerprint density at radius 3 is 2.71 bits per heavy atom. The van der Waals surface area contributed by atoms with Crippen molar-refractivity contribution in [2.24, 2.45) is 5.73 Å². The molecule has 3 rings (SSSR count). The predicted molar refractivity (Wildman–Crippen MR) is 85.0 cm³/mol. The molecule has 2 heterocycles. The van der Waals surface area contributed by atoms with E-state index in [-0.39, 0.29) is 0 Å². The zero-order chi connectivity index (χ0) is 14.7. The van der Waals surface area contributed by atoms with Gasteiger partial charge in [0, 0.05) is 11.9 Å². The molecule has 2 N–H and O–H groups in total. The van der Waals surface area contributed by atoms with Crippen LogP contribution in [-0.4, -0.2) is 20.0 Å². The number of aryl methyl sites for hydroxylation is 1. The second kappa shape index (κ2) is 5.99. The van der Waals surface area contributed by atoms with Crippen LogP contribution in [-0.2, 0) is 6.54 Å². The molecule has 6 heteroatoms. The molecule has 0 fully saturated rings. The first-order valence-corrected chi connectivity index (χ1v) is 7.46. The van der Waals surface area contributed by atoms with E-state index < -0.39 is 0 Å². The van der Waals surface area contributed by atoms with Crippen molar-refractivity contribution in [2.75, 3.05) is 0 Å². The molecule has 0 radical (unpaired) electrons. The Morgan fingerprint density at radius 2 is 2.05 bits per heavy atom. The highest BCUT2D eigenvalue weighted by Crippen LogP contribution is 2.19. The summed E-state index contributed by atoms with van der Waals surface area (Å²) < 4.78 is 1.74. The fourth-order valence-electron chi connectivity index (χ4n) is 1.95. The van der Waals surface area contributed by atoms with E-state index in [4.69, 9.17) is 5.73 Å². The Labute approximate surface area is 126 Å². The van der Waals surface area contributed by atoms with Crippen LogP contribution < -0.4 is 5.73 Å². The van der Waals surface area contributed by atoms with E-state index in [1.165, 1.54) is 11.3 Å². The molecule has 5 nitrogen and oxygen atoms in total. The fraction of sp³-hybridized carbons (Fsp3) is 0.133. The minimum atomic E-state index is 0.346. The Kier molecular flexibility index (Phi) is 3.89. The lowest BCUT2D eigenvalue weighted by atomic mass is 10.2. The normalized spacial score (nSPS) is 11.3. The maximum atomic E-state index is 5.75. The molecular formula is C15H15N5S. The molecule has 0 unspecified atom stereocenters. The van der Waals surface area contributed by atoms with E-state index in [1.807, 2.05) is 54.8 Å². The molecule has 2 aromatic heterocycles. The number of hydrogen-bond donors (Lipinski definition) is 1. The van der Waals surface area contributed by atoms with Gasteiger partial charge in [0.1, 0.15) is 5.69 Å². The van der Waals surface area contributed by atoms with Gasteiger partial charge in [0.15, 0.2) is 0 Å². The van der Waals surface area contributed by atoms with Gasteiger partial charge in [-0.2, -0.15) is 4.68 Å². The van der Waals surface area contributed by atoms with Crippen LogP contribution in [0.25, 0.3) is 17.3 Å². The lowest BCUT2D eigenvalue weighted by molar-refractivity contribution is 0.785. The largest absolute Gasteiger partial charge is 0.325 e. The van der Waals surface area contributed by atoms with Gasteiger partial charge in [0.25, 0.3) is 0 Å². The first kappa shape index (κ1) is 13.7. The summed E-state index contributed by atoms with van der Waals surface area (Å²) in [7, 11) is 0. The van der Waals surface area contributed by atoms with E-state index in [0.717, 1.165) is 27.8 Å². The van der Waals surface area contributed by atoms with Crippen molar-refractivity contribution >= 4 is 23.5 Å². The van der Waals surface area contributed by atoms with E-state index >= 15 is 0 Å². The molecule has 21 heavy (non-hydrogen) atoms. The van der Waals surface area contributed by atoms with Crippen LogP contribution in [0.3, 0.4) is 0 Å². The van der Waals surface area contributed by atoms with Crippen molar-refractivity contribution in [2.45, 2.75) is 13.5 Å². The van der Waals surface area contributed by atoms with Crippen LogP contribution in [0.1, 0.15) is 22.6 Å². The number of aromatic nitrogens is 4. The van der Waals surface area contributed by atoms with E-state index in [9.17, 15) is 0 Å². The molecule has 0 amide bonds. The van der Waals surface area contributed by atoms with Gasteiger partial charge in [0.2, 0.25) is 5.13 Å². The van der Waals surface area contributed by atoms with Gasteiger partial charge >= 0.3 is 0 Å². The standard InChI is InChI=1S/C15H15N5S/c1-11-10-21-15(17-11)20-14(13(9-16)18-19-20)8-7-12-5-3-2-4-6-12/h2-8,10H,9,16H2,1H3/b8-7+. The molecule has 106 valence electrons. The van der Waals surface area contributed by atoms with Gasteiger partial charge in [-0.1, -0.05) is 41.6 Å². The van der Waals surface area contributed by atoms with E-state index in [2.05, 4.69) is 15.3 Å². The summed E-state index contributed by atoms with van der Waals surface area (Å²) >= 11 is 1.54. The smallest absolute Gasteiger partial charge is 0.212 e. The SMILES string of the molecule is Cc1csc(-n2nnc(CN)c2/C=C/c2ccccc2)n1. The zero-order valence-electron chi connectivity index (χ0n) is 11.6. The van der Waals surface area contributed by atoms with Gasteiger partial charge < -0.3 is 5.73 Å². The first-order chi connectivity index (χ1) is 10.3. The number of nitrogens with zero attached hydrogens (tertiary/aromatic N) is 4. The maximum absolute atomic E-state index is 5.75. The molecule has 0 aliphatic rings. The molecular weight excluding hydrogens is 282 g/mol. The molecule has 0 atom stereocenters. The number of hydrogen-bond acceptors (Lipinski definition) is 5.